The average molecular weight is 283 g/mol. The first-order valence-electron chi connectivity index (χ1n) is 5.48. The van der Waals surface area contributed by atoms with Crippen LogP contribution in [0.15, 0.2) is 0 Å². The number of nitrogens with zero attached hydrogens (tertiary/aromatic N) is 1. The molecule has 2 nitrogen and oxygen atoms in total. The summed E-state index contributed by atoms with van der Waals surface area (Å²) >= 11 is 1.87. The molecule has 2 atom stereocenters. The van der Waals surface area contributed by atoms with Crippen LogP contribution in [0.5, 0.6) is 0 Å². The number of fused-ring (bicyclic) bond motifs is 1. The zero-order chi connectivity index (χ0) is 10.1. The molecular weight excluding hydrogens is 263 g/mol. The van der Waals surface area contributed by atoms with Crippen molar-refractivity contribution in [2.45, 2.75) is 45.6 Å². The van der Waals surface area contributed by atoms with Crippen LogP contribution in [0.3, 0.4) is 0 Å². The van der Waals surface area contributed by atoms with Gasteiger partial charge in [0, 0.05) is 10.9 Å². The fourth-order valence-electron chi connectivity index (χ4n) is 2.13. The topological polar surface area (TPSA) is 38.9 Å². The van der Waals surface area contributed by atoms with Crippen molar-refractivity contribution in [3.8, 4) is 0 Å². The van der Waals surface area contributed by atoms with Gasteiger partial charge in [0.25, 0.3) is 0 Å². The summed E-state index contributed by atoms with van der Waals surface area (Å²) in [6.07, 6.45) is 4.61. The molecule has 2 N–H and O–H groups in total. The second kappa shape index (κ2) is 6.80. The Bertz CT molecular complexity index is 328. The van der Waals surface area contributed by atoms with E-state index in [2.05, 4.69) is 18.8 Å². The highest BCUT2D eigenvalue weighted by atomic mass is 35.5. The van der Waals surface area contributed by atoms with Gasteiger partial charge in [-0.05, 0) is 25.2 Å². The van der Waals surface area contributed by atoms with Crippen LogP contribution in [0.4, 0.5) is 0 Å². The fourth-order valence-corrected chi connectivity index (χ4v) is 3.32. The van der Waals surface area contributed by atoms with Gasteiger partial charge in [0.1, 0.15) is 0 Å². The van der Waals surface area contributed by atoms with E-state index >= 15 is 0 Å². The minimum absolute atomic E-state index is 0. The Kier molecular flexibility index (Phi) is 6.87. The van der Waals surface area contributed by atoms with Crippen LogP contribution in [0, 0.1) is 5.92 Å². The molecule has 1 aromatic heterocycles. The van der Waals surface area contributed by atoms with Crippen LogP contribution in [0.25, 0.3) is 0 Å². The van der Waals surface area contributed by atoms with Gasteiger partial charge < -0.3 is 5.73 Å². The van der Waals surface area contributed by atoms with E-state index in [-0.39, 0.29) is 30.9 Å². The Balaban J connectivity index is 0.00000112. The minimum Gasteiger partial charge on any atom is -0.323 e. The maximum Gasteiger partial charge on any atom is 0.0929 e. The molecule has 0 aliphatic heterocycles. The summed E-state index contributed by atoms with van der Waals surface area (Å²) < 4.78 is 0. The molecule has 0 saturated carbocycles. The van der Waals surface area contributed by atoms with E-state index in [1.807, 2.05) is 11.3 Å². The summed E-state index contributed by atoms with van der Waals surface area (Å²) in [4.78, 5) is 6.06. The largest absolute Gasteiger partial charge is 0.323 e. The van der Waals surface area contributed by atoms with E-state index < -0.39 is 0 Å². The highest BCUT2D eigenvalue weighted by Gasteiger charge is 2.26. The molecule has 1 heterocycles. The molecule has 0 spiro atoms. The standard InChI is InChI=1S/C11H18N2S.2ClH/c1-3-7-5-8(12)11-9(6-7)14-10(4-2)13-11;;/h7-8H,3-6,12H2,1-2H3;2*1H. The van der Waals surface area contributed by atoms with Crippen molar-refractivity contribution in [1.82, 2.24) is 4.98 Å². The third-order valence-electron chi connectivity index (χ3n) is 3.06. The van der Waals surface area contributed by atoms with Crippen molar-refractivity contribution < 1.29 is 0 Å². The normalized spacial score (nSPS) is 22.9. The maximum atomic E-state index is 6.12. The predicted molar refractivity (Wildman–Crippen MR) is 75.0 cm³/mol. The molecule has 2 unspecified atom stereocenters. The predicted octanol–water partition coefficient (Wildman–Crippen LogP) is 3.52. The SMILES string of the molecule is CCc1nc2c(s1)CC(CC)CC2N.Cl.Cl. The molecule has 1 aliphatic rings. The van der Waals surface area contributed by atoms with Crippen molar-refractivity contribution in [3.63, 3.8) is 0 Å². The van der Waals surface area contributed by atoms with Crippen molar-refractivity contribution in [3.05, 3.63) is 15.6 Å². The second-order valence-corrected chi connectivity index (χ2v) is 5.26. The lowest BCUT2D eigenvalue weighted by molar-refractivity contribution is 0.395. The lowest BCUT2D eigenvalue weighted by Crippen LogP contribution is -2.23. The first-order chi connectivity index (χ1) is 6.74. The molecule has 2 rings (SSSR count). The van der Waals surface area contributed by atoms with E-state index in [4.69, 9.17) is 5.73 Å². The molecule has 16 heavy (non-hydrogen) atoms. The average Bonchev–Trinajstić information content (AvgIpc) is 2.61. The van der Waals surface area contributed by atoms with Crippen molar-refractivity contribution >= 4 is 36.2 Å². The molecule has 0 aromatic carbocycles. The number of halogens is 2. The van der Waals surface area contributed by atoms with Gasteiger partial charge in [0.15, 0.2) is 0 Å². The maximum absolute atomic E-state index is 6.12. The lowest BCUT2D eigenvalue weighted by atomic mass is 9.86. The van der Waals surface area contributed by atoms with E-state index in [9.17, 15) is 0 Å². The monoisotopic (exact) mass is 282 g/mol. The van der Waals surface area contributed by atoms with E-state index in [0.717, 1.165) is 18.8 Å². The number of hydrogen-bond acceptors (Lipinski definition) is 3. The second-order valence-electron chi connectivity index (χ2n) is 4.09. The molecule has 5 heteroatoms. The van der Waals surface area contributed by atoms with Crippen LogP contribution >= 0.6 is 36.2 Å². The molecule has 94 valence electrons. The fraction of sp³-hybridized carbons (Fsp3) is 0.727. The zero-order valence-electron chi connectivity index (χ0n) is 9.73. The minimum atomic E-state index is 0. The molecule has 0 radical (unpaired) electrons. The van der Waals surface area contributed by atoms with Crippen molar-refractivity contribution in [2.24, 2.45) is 11.7 Å². The number of nitrogens with two attached hydrogens (primary N) is 1. The molecule has 0 saturated heterocycles. The first-order valence-corrected chi connectivity index (χ1v) is 6.30. The Morgan fingerprint density at radius 1 is 1.38 bits per heavy atom. The quantitative estimate of drug-likeness (QED) is 0.902. The van der Waals surface area contributed by atoms with E-state index in [1.165, 1.54) is 28.4 Å². The molecule has 0 bridgehead atoms. The van der Waals surface area contributed by atoms with E-state index in [0.29, 0.717) is 0 Å². The zero-order valence-corrected chi connectivity index (χ0v) is 12.2. The number of aromatic nitrogens is 1. The van der Waals surface area contributed by atoms with Crippen molar-refractivity contribution in [2.75, 3.05) is 0 Å². The first kappa shape index (κ1) is 16.2. The van der Waals surface area contributed by atoms with Gasteiger partial charge in [-0.1, -0.05) is 20.3 Å². The highest BCUT2D eigenvalue weighted by molar-refractivity contribution is 7.11. The summed E-state index contributed by atoms with van der Waals surface area (Å²) in [5.41, 5.74) is 7.32. The Morgan fingerprint density at radius 2 is 2.06 bits per heavy atom. The third-order valence-corrected chi connectivity index (χ3v) is 4.30. The number of aryl methyl sites for hydroxylation is 1. The van der Waals surface area contributed by atoms with Gasteiger partial charge >= 0.3 is 0 Å². The molecule has 0 amide bonds. The van der Waals surface area contributed by atoms with Crippen LogP contribution < -0.4 is 5.73 Å². The van der Waals surface area contributed by atoms with Gasteiger partial charge in [-0.25, -0.2) is 4.98 Å². The molecular formula is C11H20Cl2N2S. The summed E-state index contributed by atoms with van der Waals surface area (Å²) in [5, 5.41) is 1.25. The molecule has 1 aromatic rings. The van der Waals surface area contributed by atoms with Crippen LogP contribution in [-0.4, -0.2) is 4.98 Å². The van der Waals surface area contributed by atoms with Gasteiger partial charge in [0.2, 0.25) is 0 Å². The van der Waals surface area contributed by atoms with E-state index in [1.54, 1.807) is 0 Å². The van der Waals surface area contributed by atoms with Gasteiger partial charge in [0.05, 0.1) is 10.7 Å². The Labute approximate surface area is 114 Å². The smallest absolute Gasteiger partial charge is 0.0929 e. The highest BCUT2D eigenvalue weighted by Crippen LogP contribution is 2.36. The summed E-state index contributed by atoms with van der Waals surface area (Å²) in [5.74, 6) is 0.780. The van der Waals surface area contributed by atoms with Gasteiger partial charge in [-0.2, -0.15) is 0 Å². The molecule has 1 aliphatic carbocycles. The van der Waals surface area contributed by atoms with Gasteiger partial charge in [-0.3, -0.25) is 0 Å². The van der Waals surface area contributed by atoms with Crippen LogP contribution in [-0.2, 0) is 12.8 Å². The summed E-state index contributed by atoms with van der Waals surface area (Å²) in [7, 11) is 0. The third kappa shape index (κ3) is 3.10. The number of rotatable bonds is 2. The van der Waals surface area contributed by atoms with Crippen LogP contribution in [0.1, 0.15) is 48.3 Å². The summed E-state index contributed by atoms with van der Waals surface area (Å²) in [6.45, 7) is 4.41. The lowest BCUT2D eigenvalue weighted by Gasteiger charge is -2.24. The summed E-state index contributed by atoms with van der Waals surface area (Å²) in [6, 6.07) is 0.195. The van der Waals surface area contributed by atoms with Crippen LogP contribution in [0.2, 0.25) is 0 Å². The Morgan fingerprint density at radius 3 is 2.62 bits per heavy atom. The Hall–Kier alpha value is 0.170. The number of thiazole rings is 1. The molecule has 0 fully saturated rings. The number of hydrogen-bond donors (Lipinski definition) is 1. The van der Waals surface area contributed by atoms with Gasteiger partial charge in [-0.15, -0.1) is 36.2 Å². The van der Waals surface area contributed by atoms with Crippen molar-refractivity contribution in [1.29, 1.82) is 0 Å².